The van der Waals surface area contributed by atoms with Crippen molar-refractivity contribution in [1.82, 2.24) is 14.5 Å². The molecule has 0 bridgehead atoms. The molecule has 3 N–H and O–H groups in total. The largest absolute Gasteiger partial charge is 0.371 e. The van der Waals surface area contributed by atoms with Crippen molar-refractivity contribution in [2.24, 2.45) is 0 Å². The van der Waals surface area contributed by atoms with Crippen LogP contribution in [-0.2, 0) is 4.74 Å². The summed E-state index contributed by atoms with van der Waals surface area (Å²) >= 11 is 7.22. The van der Waals surface area contributed by atoms with Gasteiger partial charge in [0.2, 0.25) is 0 Å². The summed E-state index contributed by atoms with van der Waals surface area (Å²) in [5.74, 6) is 0.0804. The molecule has 1 aliphatic heterocycles. The zero-order valence-electron chi connectivity index (χ0n) is 20.8. The summed E-state index contributed by atoms with van der Waals surface area (Å²) < 4.78 is 7.00. The maximum absolute atomic E-state index is 12.1. The van der Waals surface area contributed by atoms with Gasteiger partial charge in [0, 0.05) is 23.7 Å². The molecule has 8 nitrogen and oxygen atoms in total. The topological polar surface area (TPSA) is 115 Å². The van der Waals surface area contributed by atoms with Gasteiger partial charge in [0.15, 0.2) is 5.49 Å². The molecule has 5 rings (SSSR count). The number of carbonyl (C=O) groups is 1. The maximum Gasteiger partial charge on any atom is 0.291 e. The van der Waals surface area contributed by atoms with Crippen LogP contribution in [0.15, 0.2) is 52.6 Å². The predicted octanol–water partition coefficient (Wildman–Crippen LogP) is 4.52. The number of likely N-dealkylation sites (N-methyl/N-ethyl adjacent to an activating group) is 1. The molecule has 2 aromatic heterocycles. The number of benzene rings is 2. The Morgan fingerprint density at radius 3 is 2.54 bits per heavy atom. The van der Waals surface area contributed by atoms with E-state index in [1.807, 2.05) is 42.6 Å². The van der Waals surface area contributed by atoms with Crippen LogP contribution in [0.4, 0.5) is 0 Å². The van der Waals surface area contributed by atoms with Crippen LogP contribution in [-0.4, -0.2) is 53.3 Å². The number of aromatic amines is 1. The van der Waals surface area contributed by atoms with Gasteiger partial charge >= 0.3 is 0 Å². The molecule has 10 heteroatoms. The van der Waals surface area contributed by atoms with E-state index < -0.39 is 5.56 Å². The highest BCUT2D eigenvalue weighted by Gasteiger charge is 2.19. The lowest BCUT2D eigenvalue weighted by Gasteiger charge is -2.30. The van der Waals surface area contributed by atoms with E-state index in [2.05, 4.69) is 16.9 Å². The molecule has 1 fully saturated rings. The third-order valence-electron chi connectivity index (χ3n) is 6.25. The van der Waals surface area contributed by atoms with Crippen molar-refractivity contribution >= 4 is 46.1 Å². The number of hydrogen-bond acceptors (Lipinski definition) is 7. The van der Waals surface area contributed by atoms with E-state index in [1.54, 1.807) is 19.1 Å². The maximum atomic E-state index is 12.1. The first-order valence-electron chi connectivity index (χ1n) is 11.7. The van der Waals surface area contributed by atoms with Crippen LogP contribution >= 0.6 is 22.9 Å². The number of fused-ring (bicyclic) bond motifs is 1. The summed E-state index contributed by atoms with van der Waals surface area (Å²) in [6, 6.07) is 13.1. The van der Waals surface area contributed by atoms with Gasteiger partial charge in [0.25, 0.3) is 5.56 Å². The van der Waals surface area contributed by atoms with Crippen molar-refractivity contribution in [3.63, 3.8) is 0 Å². The second-order valence-electron chi connectivity index (χ2n) is 8.94. The second-order valence-corrected chi connectivity index (χ2v) is 10.3. The van der Waals surface area contributed by atoms with E-state index in [0.29, 0.717) is 21.5 Å². The molecule has 3 heterocycles. The first kappa shape index (κ1) is 26.7. The Labute approximate surface area is 223 Å². The van der Waals surface area contributed by atoms with Crippen molar-refractivity contribution in [2.75, 3.05) is 26.7 Å². The fourth-order valence-electron chi connectivity index (χ4n) is 4.13. The van der Waals surface area contributed by atoms with Crippen LogP contribution in [0.3, 0.4) is 0 Å². The number of H-pyrrole nitrogens is 1. The van der Waals surface area contributed by atoms with Gasteiger partial charge in [-0.25, -0.2) is 0 Å². The van der Waals surface area contributed by atoms with Gasteiger partial charge in [0.1, 0.15) is 12.1 Å². The minimum absolute atomic E-state index is 0.0804. The molecule has 1 atom stereocenters. The average molecular weight is 538 g/mol. The molecule has 4 aromatic rings. The monoisotopic (exact) mass is 537 g/mol. The SMILES string of the molecule is CN1CCOC(c2ccc(Cl)cc2)C1.Cc1cc2c(cc1C=O)[nH]c(=O)c(=N)n2C(=N)c1sccc1C. The van der Waals surface area contributed by atoms with Crippen molar-refractivity contribution in [3.05, 3.63) is 95.8 Å². The van der Waals surface area contributed by atoms with Gasteiger partial charge in [0.05, 0.1) is 28.6 Å². The Bertz CT molecular complexity index is 1570. The molecule has 1 saturated heterocycles. The molecule has 0 aliphatic carbocycles. The van der Waals surface area contributed by atoms with Crippen LogP contribution in [0.1, 0.15) is 38.0 Å². The number of aryl methyl sites for hydroxylation is 2. The quantitative estimate of drug-likeness (QED) is 0.202. The summed E-state index contributed by atoms with van der Waals surface area (Å²) in [6.45, 7) is 6.45. The number of hydrogen-bond donors (Lipinski definition) is 3. The molecule has 1 unspecified atom stereocenters. The van der Waals surface area contributed by atoms with Gasteiger partial charge in [-0.05, 0) is 73.3 Å². The molecule has 0 radical (unpaired) electrons. The summed E-state index contributed by atoms with van der Waals surface area (Å²) in [5, 5.41) is 19.2. The zero-order valence-corrected chi connectivity index (χ0v) is 22.4. The fraction of sp³-hybridized carbons (Fsp3) is 0.259. The Morgan fingerprint density at radius 1 is 1.19 bits per heavy atom. The number of aromatic nitrogens is 2. The molecule has 0 amide bonds. The highest BCUT2D eigenvalue weighted by molar-refractivity contribution is 7.12. The van der Waals surface area contributed by atoms with Gasteiger partial charge in [-0.1, -0.05) is 23.7 Å². The average Bonchev–Trinajstić information content (AvgIpc) is 3.31. The van der Waals surface area contributed by atoms with Crippen LogP contribution in [0.5, 0.6) is 0 Å². The Hall–Kier alpha value is -3.37. The zero-order chi connectivity index (χ0) is 26.7. The first-order chi connectivity index (χ1) is 17.7. The number of ether oxygens (including phenoxy) is 1. The van der Waals surface area contributed by atoms with Gasteiger partial charge < -0.3 is 14.6 Å². The third kappa shape index (κ3) is 5.80. The van der Waals surface area contributed by atoms with Crippen LogP contribution in [0.25, 0.3) is 11.0 Å². The molecule has 37 heavy (non-hydrogen) atoms. The number of thiophene rings is 1. The lowest BCUT2D eigenvalue weighted by molar-refractivity contribution is -0.0208. The highest BCUT2D eigenvalue weighted by Crippen LogP contribution is 2.23. The second kappa shape index (κ2) is 11.4. The van der Waals surface area contributed by atoms with E-state index in [0.717, 1.165) is 42.1 Å². The van der Waals surface area contributed by atoms with Gasteiger partial charge in [-0.2, -0.15) is 0 Å². The van der Waals surface area contributed by atoms with E-state index in [4.69, 9.17) is 27.2 Å². The number of halogens is 1. The van der Waals surface area contributed by atoms with E-state index in [1.165, 1.54) is 21.5 Å². The van der Waals surface area contributed by atoms with Crippen molar-refractivity contribution in [1.29, 1.82) is 10.8 Å². The molecule has 0 spiro atoms. The minimum Gasteiger partial charge on any atom is -0.371 e. The summed E-state index contributed by atoms with van der Waals surface area (Å²) in [6.07, 6.45) is 0.923. The molecular formula is C27H28ClN5O3S. The van der Waals surface area contributed by atoms with Crippen LogP contribution < -0.4 is 11.0 Å². The van der Waals surface area contributed by atoms with Crippen molar-refractivity contribution < 1.29 is 9.53 Å². The minimum atomic E-state index is -0.600. The lowest BCUT2D eigenvalue weighted by Crippen LogP contribution is -2.40. The number of aldehydes is 1. The smallest absolute Gasteiger partial charge is 0.291 e. The number of rotatable bonds is 3. The Morgan fingerprint density at radius 2 is 1.92 bits per heavy atom. The summed E-state index contributed by atoms with van der Waals surface area (Å²) in [4.78, 5) is 28.7. The third-order valence-corrected chi connectivity index (χ3v) is 7.53. The highest BCUT2D eigenvalue weighted by atomic mass is 35.5. The van der Waals surface area contributed by atoms with Crippen molar-refractivity contribution in [3.8, 4) is 0 Å². The normalized spacial score (nSPS) is 15.7. The number of nitrogens with one attached hydrogen (secondary N) is 3. The van der Waals surface area contributed by atoms with E-state index >= 15 is 0 Å². The number of morpholine rings is 1. The van der Waals surface area contributed by atoms with E-state index in [-0.39, 0.29) is 17.4 Å². The number of nitrogens with zero attached hydrogens (tertiary/aromatic N) is 2. The molecule has 0 saturated carbocycles. The Balaban J connectivity index is 0.000000195. The summed E-state index contributed by atoms with van der Waals surface area (Å²) in [7, 11) is 2.12. The molecule has 192 valence electrons. The van der Waals surface area contributed by atoms with Crippen LogP contribution in [0.2, 0.25) is 5.02 Å². The van der Waals surface area contributed by atoms with Crippen LogP contribution in [0, 0.1) is 24.7 Å². The predicted molar refractivity (Wildman–Crippen MR) is 147 cm³/mol. The number of carbonyl (C=O) groups excluding carboxylic acids is 1. The summed E-state index contributed by atoms with van der Waals surface area (Å²) in [5.41, 5.74) is 3.36. The van der Waals surface area contributed by atoms with E-state index in [9.17, 15) is 9.59 Å². The fourth-order valence-corrected chi connectivity index (χ4v) is 5.12. The molecule has 2 aromatic carbocycles. The molecule has 1 aliphatic rings. The van der Waals surface area contributed by atoms with Gasteiger partial charge in [-0.15, -0.1) is 11.3 Å². The lowest BCUT2D eigenvalue weighted by atomic mass is 10.1. The Kier molecular flexibility index (Phi) is 8.19. The standard InChI is InChI=1S/C16H14N4O2S.C11H14ClNO/c1-8-3-4-23-13(8)14(17)20-12-5-9(2)10(7-21)6-11(12)19-16(22)15(20)18;1-13-6-7-14-11(8-13)9-2-4-10(12)5-3-9/h3-7,17-18H,1-2H3,(H,19,22);2-5,11H,6-8H2,1H3. The molecular weight excluding hydrogens is 510 g/mol. The van der Waals surface area contributed by atoms with Gasteiger partial charge in [-0.3, -0.25) is 25.0 Å². The first-order valence-corrected chi connectivity index (χ1v) is 12.9. The van der Waals surface area contributed by atoms with Crippen molar-refractivity contribution in [2.45, 2.75) is 20.0 Å².